The van der Waals surface area contributed by atoms with E-state index in [9.17, 15) is 23.6 Å². The molecule has 11 heteroatoms. The third-order valence-corrected chi connectivity index (χ3v) is 4.99. The number of aromatic nitrogens is 3. The van der Waals surface area contributed by atoms with E-state index in [2.05, 4.69) is 10.3 Å². The van der Waals surface area contributed by atoms with Gasteiger partial charge in [0.05, 0.1) is 12.2 Å². The number of carbonyl (C=O) groups is 3. The molecule has 2 aromatic heterocycles. The van der Waals surface area contributed by atoms with Gasteiger partial charge in [-0.2, -0.15) is 5.10 Å². The van der Waals surface area contributed by atoms with Crippen LogP contribution < -0.4 is 11.3 Å². The number of carbonyl (C=O) groups excluding carboxylic acids is 2. The van der Waals surface area contributed by atoms with Crippen LogP contribution in [0, 0.1) is 19.8 Å². The average Bonchev–Trinajstić information content (AvgIpc) is 3.02. The molecule has 2 rings (SSSR count). The second-order valence-corrected chi connectivity index (χ2v) is 6.86. The van der Waals surface area contributed by atoms with Gasteiger partial charge in [0.2, 0.25) is 0 Å². The first-order chi connectivity index (χ1) is 14.1. The van der Waals surface area contributed by atoms with Gasteiger partial charge in [-0.1, -0.05) is 12.1 Å². The topological polar surface area (TPSA) is 158 Å². The van der Waals surface area contributed by atoms with Crippen LogP contribution in [0.4, 0.5) is 4.39 Å². The van der Waals surface area contributed by atoms with Crippen LogP contribution >= 0.6 is 0 Å². The lowest BCUT2D eigenvalue weighted by Gasteiger charge is -2.22. The van der Waals surface area contributed by atoms with E-state index in [0.29, 0.717) is 17.0 Å². The minimum absolute atomic E-state index is 0.0125. The largest absolute Gasteiger partial charge is 0.480 e. The Balaban J connectivity index is 2.47. The Morgan fingerprint density at radius 2 is 2.00 bits per heavy atom. The van der Waals surface area contributed by atoms with Crippen molar-refractivity contribution in [2.45, 2.75) is 45.7 Å². The average molecular weight is 422 g/mol. The maximum atomic E-state index is 13.0. The van der Waals surface area contributed by atoms with Gasteiger partial charge in [0.1, 0.15) is 24.4 Å². The number of carboxylic acids is 1. The van der Waals surface area contributed by atoms with E-state index in [1.165, 1.54) is 12.3 Å². The van der Waals surface area contributed by atoms with Gasteiger partial charge in [-0.05, 0) is 26.3 Å². The number of hydrogen-bond acceptors (Lipinski definition) is 8. The summed E-state index contributed by atoms with van der Waals surface area (Å²) in [5, 5.41) is 16.9. The SMILES string of the molecule is CCC(C(=O)C(C(=O)CF)C(N)C(=O)O)c1ccnn(Cc2c(C)noc2C)c1=O. The van der Waals surface area contributed by atoms with Gasteiger partial charge >= 0.3 is 5.97 Å². The summed E-state index contributed by atoms with van der Waals surface area (Å²) in [7, 11) is 0. The normalized spacial score (nSPS) is 14.2. The molecule has 3 atom stereocenters. The van der Waals surface area contributed by atoms with E-state index in [4.69, 9.17) is 15.4 Å². The molecule has 2 aromatic rings. The Labute approximate surface area is 170 Å². The lowest BCUT2D eigenvalue weighted by Crippen LogP contribution is -2.48. The molecule has 30 heavy (non-hydrogen) atoms. The van der Waals surface area contributed by atoms with E-state index in [-0.39, 0.29) is 18.5 Å². The van der Waals surface area contributed by atoms with Gasteiger partial charge in [0.25, 0.3) is 5.56 Å². The van der Waals surface area contributed by atoms with Crippen molar-refractivity contribution in [1.82, 2.24) is 14.9 Å². The van der Waals surface area contributed by atoms with Gasteiger partial charge in [0.15, 0.2) is 11.6 Å². The van der Waals surface area contributed by atoms with Gasteiger partial charge < -0.3 is 15.4 Å². The maximum absolute atomic E-state index is 13.0. The second-order valence-electron chi connectivity index (χ2n) is 6.86. The fraction of sp³-hybridized carbons (Fsp3) is 0.474. The molecule has 3 unspecified atom stereocenters. The van der Waals surface area contributed by atoms with Gasteiger partial charge in [0, 0.05) is 23.2 Å². The zero-order valence-corrected chi connectivity index (χ0v) is 16.8. The highest BCUT2D eigenvalue weighted by Crippen LogP contribution is 2.24. The van der Waals surface area contributed by atoms with Crippen molar-refractivity contribution in [3.05, 3.63) is 45.2 Å². The molecule has 0 aliphatic heterocycles. The number of hydrogen-bond donors (Lipinski definition) is 2. The number of halogens is 1. The number of Topliss-reactive ketones (excluding diaryl/α,β-unsaturated/α-hetero) is 2. The molecule has 162 valence electrons. The Morgan fingerprint density at radius 1 is 1.33 bits per heavy atom. The Morgan fingerprint density at radius 3 is 2.50 bits per heavy atom. The quantitative estimate of drug-likeness (QED) is 0.521. The van der Waals surface area contributed by atoms with Crippen LogP contribution in [-0.4, -0.2) is 50.3 Å². The predicted octanol–water partition coefficient (Wildman–Crippen LogP) is 0.526. The summed E-state index contributed by atoms with van der Waals surface area (Å²) >= 11 is 0. The summed E-state index contributed by atoms with van der Waals surface area (Å²) in [6.07, 6.45) is 1.39. The summed E-state index contributed by atoms with van der Waals surface area (Å²) in [4.78, 5) is 49.1. The third kappa shape index (κ3) is 4.51. The van der Waals surface area contributed by atoms with Gasteiger partial charge in [-0.15, -0.1) is 0 Å². The molecule has 0 amide bonds. The number of rotatable bonds is 10. The number of alkyl halides is 1. The van der Waals surface area contributed by atoms with Crippen molar-refractivity contribution >= 4 is 17.5 Å². The van der Waals surface area contributed by atoms with E-state index < -0.39 is 47.6 Å². The van der Waals surface area contributed by atoms with Crippen LogP contribution in [0.5, 0.6) is 0 Å². The monoisotopic (exact) mass is 422 g/mol. The second kappa shape index (κ2) is 9.53. The smallest absolute Gasteiger partial charge is 0.321 e. The minimum Gasteiger partial charge on any atom is -0.480 e. The zero-order valence-electron chi connectivity index (χ0n) is 16.8. The summed E-state index contributed by atoms with van der Waals surface area (Å²) in [6, 6.07) is -0.595. The molecule has 0 saturated heterocycles. The molecule has 0 aromatic carbocycles. The van der Waals surface area contributed by atoms with E-state index >= 15 is 0 Å². The summed E-state index contributed by atoms with van der Waals surface area (Å²) < 4.78 is 19.2. The van der Waals surface area contributed by atoms with Crippen molar-refractivity contribution in [2.24, 2.45) is 11.7 Å². The number of nitrogens with zero attached hydrogens (tertiary/aromatic N) is 3. The standard InChI is InChI=1S/C19H23FN4O6/c1-4-11(17(26)15(14(25)7-20)16(21)19(28)29)12-5-6-22-24(18(12)27)8-13-9(2)23-30-10(13)3/h5-6,11,15-16H,4,7-8,21H2,1-3H3,(H,28,29). The van der Waals surface area contributed by atoms with E-state index in [1.54, 1.807) is 20.8 Å². The van der Waals surface area contributed by atoms with Crippen LogP contribution in [0.3, 0.4) is 0 Å². The van der Waals surface area contributed by atoms with Crippen LogP contribution in [0.1, 0.15) is 41.8 Å². The molecule has 0 aliphatic carbocycles. The lowest BCUT2D eigenvalue weighted by atomic mass is 9.81. The van der Waals surface area contributed by atoms with Crippen molar-refractivity contribution in [2.75, 3.05) is 6.67 Å². The Kier molecular flexibility index (Phi) is 7.33. The van der Waals surface area contributed by atoms with E-state index in [1.807, 2.05) is 0 Å². The minimum atomic E-state index is -1.92. The highest BCUT2D eigenvalue weighted by Gasteiger charge is 2.40. The molecule has 0 aliphatic rings. The summed E-state index contributed by atoms with van der Waals surface area (Å²) in [6.45, 7) is 3.48. The number of nitrogens with two attached hydrogens (primary N) is 1. The first-order valence-corrected chi connectivity index (χ1v) is 9.22. The van der Waals surface area contributed by atoms with E-state index in [0.717, 1.165) is 4.68 Å². The van der Waals surface area contributed by atoms with Gasteiger partial charge in [-0.25, -0.2) is 9.07 Å². The molecule has 0 saturated carbocycles. The van der Waals surface area contributed by atoms with Crippen LogP contribution in [0.25, 0.3) is 0 Å². The molecule has 10 nitrogen and oxygen atoms in total. The maximum Gasteiger partial charge on any atom is 0.321 e. The van der Waals surface area contributed by atoms with Crippen LogP contribution in [-0.2, 0) is 20.9 Å². The lowest BCUT2D eigenvalue weighted by molar-refractivity contribution is -0.147. The highest BCUT2D eigenvalue weighted by molar-refractivity contribution is 6.09. The molecular weight excluding hydrogens is 399 g/mol. The highest BCUT2D eigenvalue weighted by atomic mass is 19.1. The van der Waals surface area contributed by atoms with Crippen molar-refractivity contribution in [1.29, 1.82) is 0 Å². The summed E-state index contributed by atoms with van der Waals surface area (Å²) in [5.41, 5.74) is 6.12. The molecule has 0 spiro atoms. The molecule has 0 bridgehead atoms. The fourth-order valence-electron chi connectivity index (χ4n) is 3.27. The van der Waals surface area contributed by atoms with Crippen molar-refractivity contribution in [3.8, 4) is 0 Å². The zero-order chi connectivity index (χ0) is 22.6. The third-order valence-electron chi connectivity index (χ3n) is 4.99. The number of carboxylic acid groups (broad SMARTS) is 1. The molecule has 2 heterocycles. The fourth-order valence-corrected chi connectivity index (χ4v) is 3.27. The number of aryl methyl sites for hydroxylation is 2. The summed E-state index contributed by atoms with van der Waals surface area (Å²) in [5.74, 6) is -6.31. The number of aliphatic carboxylic acids is 1. The van der Waals surface area contributed by atoms with Crippen molar-refractivity contribution < 1.29 is 28.4 Å². The molecule has 3 N–H and O–H groups in total. The predicted molar refractivity (Wildman–Crippen MR) is 102 cm³/mol. The first kappa shape index (κ1) is 23.1. The van der Waals surface area contributed by atoms with Crippen LogP contribution in [0.15, 0.2) is 21.6 Å². The van der Waals surface area contributed by atoms with Crippen molar-refractivity contribution in [3.63, 3.8) is 0 Å². The molecule has 0 radical (unpaired) electrons. The Bertz CT molecular complexity index is 995. The van der Waals surface area contributed by atoms with Gasteiger partial charge in [-0.3, -0.25) is 19.2 Å². The van der Waals surface area contributed by atoms with Crippen LogP contribution in [0.2, 0.25) is 0 Å². The molecular formula is C19H23FN4O6. The molecule has 0 fully saturated rings. The Hall–Kier alpha value is -3.21. The first-order valence-electron chi connectivity index (χ1n) is 9.22. The number of ketones is 2.